The summed E-state index contributed by atoms with van der Waals surface area (Å²) in [6.45, 7) is 0.0510. The predicted octanol–water partition coefficient (Wildman–Crippen LogP) is 4.86. The molecule has 0 saturated carbocycles. The number of halogens is 2. The van der Waals surface area contributed by atoms with Crippen molar-refractivity contribution in [3.05, 3.63) is 94.2 Å². The molecule has 2 aromatic carbocycles. The first-order valence-corrected chi connectivity index (χ1v) is 10.8. The molecular weight excluding hydrogens is 473 g/mol. The molecule has 0 aliphatic carbocycles. The first-order chi connectivity index (χ1) is 16.5. The van der Waals surface area contributed by atoms with E-state index >= 15 is 0 Å². The van der Waals surface area contributed by atoms with Crippen LogP contribution in [-0.2, 0) is 0 Å². The molecule has 2 aromatic heterocycles. The van der Waals surface area contributed by atoms with Crippen LogP contribution in [0.5, 0.6) is 0 Å². The van der Waals surface area contributed by atoms with Crippen molar-refractivity contribution < 1.29 is 9.59 Å². The maximum absolute atomic E-state index is 13.2. The number of carbonyl (C=O) groups is 2. The summed E-state index contributed by atoms with van der Waals surface area (Å²) in [6, 6.07) is 19.0. The van der Waals surface area contributed by atoms with Crippen molar-refractivity contribution in [2.24, 2.45) is 0 Å². The largest absolute Gasteiger partial charge is 0.340 e. The molecule has 0 atom stereocenters. The number of nitrogens with zero attached hydrogens (tertiary/aromatic N) is 3. The van der Waals surface area contributed by atoms with Gasteiger partial charge in [0.15, 0.2) is 5.69 Å². The smallest absolute Gasteiger partial charge is 0.272 e. The molecule has 0 saturated heterocycles. The minimum absolute atomic E-state index is 0.0510. The van der Waals surface area contributed by atoms with E-state index in [4.69, 9.17) is 29.6 Å². The molecule has 0 spiro atoms. The average Bonchev–Trinajstić information content (AvgIpc) is 3.27. The molecule has 2 amide bonds. The lowest BCUT2D eigenvalue weighted by Gasteiger charge is -2.12. The van der Waals surface area contributed by atoms with E-state index in [9.17, 15) is 9.59 Å². The van der Waals surface area contributed by atoms with Gasteiger partial charge in [-0.25, -0.2) is 4.68 Å². The van der Waals surface area contributed by atoms with Crippen LogP contribution in [0.4, 0.5) is 5.82 Å². The van der Waals surface area contributed by atoms with Crippen molar-refractivity contribution in [1.29, 1.82) is 0 Å². The second kappa shape index (κ2) is 10.2. The van der Waals surface area contributed by atoms with E-state index in [1.54, 1.807) is 36.5 Å². The van der Waals surface area contributed by atoms with Crippen LogP contribution in [0, 0.1) is 12.3 Å². The molecule has 4 rings (SSSR count). The minimum atomic E-state index is -0.508. The summed E-state index contributed by atoms with van der Waals surface area (Å²) in [5, 5.41) is 10.2. The molecule has 7 nitrogen and oxygen atoms in total. The van der Waals surface area contributed by atoms with Crippen LogP contribution in [-0.4, -0.2) is 33.1 Å². The second-order valence-corrected chi connectivity index (χ2v) is 7.84. The summed E-state index contributed by atoms with van der Waals surface area (Å²) in [6.07, 6.45) is 6.85. The monoisotopic (exact) mass is 489 g/mol. The fourth-order valence-corrected chi connectivity index (χ4v) is 3.76. The van der Waals surface area contributed by atoms with Crippen LogP contribution in [0.2, 0.25) is 10.0 Å². The van der Waals surface area contributed by atoms with E-state index in [-0.39, 0.29) is 28.6 Å². The second-order valence-electron chi connectivity index (χ2n) is 7.03. The van der Waals surface area contributed by atoms with Gasteiger partial charge in [0.1, 0.15) is 5.82 Å². The molecule has 2 heterocycles. The summed E-state index contributed by atoms with van der Waals surface area (Å²) in [5.74, 6) is 1.63. The Morgan fingerprint density at radius 1 is 0.971 bits per heavy atom. The Balaban J connectivity index is 1.71. The fourth-order valence-electron chi connectivity index (χ4n) is 3.19. The highest BCUT2D eigenvalue weighted by molar-refractivity contribution is 6.38. The van der Waals surface area contributed by atoms with Crippen LogP contribution < -0.4 is 10.6 Å². The van der Waals surface area contributed by atoms with Crippen LogP contribution in [0.1, 0.15) is 20.8 Å². The number of pyridine rings is 1. The summed E-state index contributed by atoms with van der Waals surface area (Å²) in [4.78, 5) is 29.9. The van der Waals surface area contributed by atoms with Crippen molar-refractivity contribution in [1.82, 2.24) is 20.1 Å². The third-order valence-corrected chi connectivity index (χ3v) is 5.40. The first-order valence-electron chi connectivity index (χ1n) is 10.1. The van der Waals surface area contributed by atoms with Gasteiger partial charge in [0.05, 0.1) is 33.5 Å². The van der Waals surface area contributed by atoms with Gasteiger partial charge in [0.2, 0.25) is 0 Å². The normalized spacial score (nSPS) is 10.4. The van der Waals surface area contributed by atoms with Gasteiger partial charge in [-0.2, -0.15) is 5.10 Å². The molecule has 4 aromatic rings. The van der Waals surface area contributed by atoms with Crippen molar-refractivity contribution in [3.8, 4) is 29.3 Å². The maximum Gasteiger partial charge on any atom is 0.272 e. The van der Waals surface area contributed by atoms with Gasteiger partial charge in [0.25, 0.3) is 11.8 Å². The quantitative estimate of drug-likeness (QED) is 0.378. The van der Waals surface area contributed by atoms with Crippen LogP contribution in [0.3, 0.4) is 0 Å². The summed E-state index contributed by atoms with van der Waals surface area (Å²) in [7, 11) is 0. The third kappa shape index (κ3) is 4.94. The van der Waals surface area contributed by atoms with Gasteiger partial charge in [-0.15, -0.1) is 6.42 Å². The summed E-state index contributed by atoms with van der Waals surface area (Å²) < 4.78 is 1.45. The molecule has 0 unspecified atom stereocenters. The number of amides is 2. The van der Waals surface area contributed by atoms with E-state index in [0.29, 0.717) is 22.0 Å². The third-order valence-electron chi connectivity index (χ3n) is 4.78. The van der Waals surface area contributed by atoms with Gasteiger partial charge in [-0.05, 0) is 36.4 Å². The molecule has 9 heteroatoms. The number of rotatable bonds is 6. The Labute approximate surface area is 205 Å². The Morgan fingerprint density at radius 3 is 2.44 bits per heavy atom. The zero-order chi connectivity index (χ0) is 24.1. The number of carbonyl (C=O) groups excluding carboxylic acids is 2. The van der Waals surface area contributed by atoms with Gasteiger partial charge in [-0.1, -0.05) is 53.4 Å². The molecule has 0 radical (unpaired) electrons. The highest BCUT2D eigenvalue weighted by atomic mass is 35.5. The minimum Gasteiger partial charge on any atom is -0.340 e. The molecule has 0 aliphatic rings. The van der Waals surface area contributed by atoms with Gasteiger partial charge >= 0.3 is 0 Å². The van der Waals surface area contributed by atoms with Crippen molar-refractivity contribution in [2.75, 3.05) is 11.9 Å². The van der Waals surface area contributed by atoms with E-state index in [1.807, 2.05) is 24.3 Å². The van der Waals surface area contributed by atoms with Crippen molar-refractivity contribution in [3.63, 3.8) is 0 Å². The number of hydrogen-bond donors (Lipinski definition) is 2. The van der Waals surface area contributed by atoms with Crippen molar-refractivity contribution >= 4 is 40.8 Å². The zero-order valence-corrected chi connectivity index (χ0v) is 19.1. The molecule has 2 N–H and O–H groups in total. The lowest BCUT2D eigenvalue weighted by molar-refractivity contribution is 0.0952. The van der Waals surface area contributed by atoms with Gasteiger partial charge in [-0.3, -0.25) is 14.6 Å². The molecular formula is C25H17Cl2N5O2. The maximum atomic E-state index is 13.2. The molecule has 168 valence electrons. The Hall–Kier alpha value is -4.12. The predicted molar refractivity (Wildman–Crippen MR) is 132 cm³/mol. The average molecular weight is 490 g/mol. The Bertz CT molecular complexity index is 1400. The number of anilines is 1. The lowest BCUT2D eigenvalue weighted by Crippen LogP contribution is -2.24. The molecule has 0 fully saturated rings. The van der Waals surface area contributed by atoms with E-state index in [1.165, 1.54) is 16.8 Å². The molecule has 0 aliphatic heterocycles. The van der Waals surface area contributed by atoms with E-state index in [0.717, 1.165) is 0 Å². The standard InChI is InChI=1S/C25H17Cl2N5O2/c1-2-11-29-25(34)22-15-23(32(31-22)16-8-4-3-5-9-16)30-24(33)18-13-17(19(26)14-20(18)27)21-10-6-7-12-28-21/h1,3-10,12-15H,11H2,(H,29,34)(H,30,33). The number of hydrogen-bond acceptors (Lipinski definition) is 4. The van der Waals surface area contributed by atoms with Crippen LogP contribution >= 0.6 is 23.2 Å². The number of nitrogens with one attached hydrogen (secondary N) is 2. The Morgan fingerprint density at radius 2 is 1.74 bits per heavy atom. The molecule has 34 heavy (non-hydrogen) atoms. The highest BCUT2D eigenvalue weighted by Gasteiger charge is 2.20. The number of terminal acetylenes is 1. The SMILES string of the molecule is C#CCNC(=O)c1cc(NC(=O)c2cc(-c3ccccn3)c(Cl)cc2Cl)n(-c2ccccc2)n1. The number of para-hydroxylation sites is 1. The lowest BCUT2D eigenvalue weighted by atomic mass is 10.1. The first kappa shape index (κ1) is 23.1. The fraction of sp³-hybridized carbons (Fsp3) is 0.0400. The van der Waals surface area contributed by atoms with Crippen LogP contribution in [0.15, 0.2) is 72.9 Å². The molecule has 0 bridgehead atoms. The zero-order valence-electron chi connectivity index (χ0n) is 17.6. The van der Waals surface area contributed by atoms with Gasteiger partial charge < -0.3 is 10.6 Å². The van der Waals surface area contributed by atoms with Crippen molar-refractivity contribution in [2.45, 2.75) is 0 Å². The summed E-state index contributed by atoms with van der Waals surface area (Å²) >= 11 is 12.7. The topological polar surface area (TPSA) is 88.9 Å². The summed E-state index contributed by atoms with van der Waals surface area (Å²) in [5.41, 5.74) is 2.07. The number of benzene rings is 2. The van der Waals surface area contributed by atoms with Crippen LogP contribution in [0.25, 0.3) is 16.9 Å². The van der Waals surface area contributed by atoms with E-state index in [2.05, 4.69) is 26.6 Å². The Kier molecular flexibility index (Phi) is 6.93. The highest BCUT2D eigenvalue weighted by Crippen LogP contribution is 2.32. The number of aromatic nitrogens is 3. The van der Waals surface area contributed by atoms with Gasteiger partial charge in [0, 0.05) is 17.8 Å². The van der Waals surface area contributed by atoms with E-state index < -0.39 is 11.8 Å².